The number of pyridine rings is 3. The van der Waals surface area contributed by atoms with Gasteiger partial charge in [0.05, 0.1) is 24.5 Å². The topological polar surface area (TPSA) is 132 Å². The Kier molecular flexibility index (Phi) is 6.36. The Balaban J connectivity index is 1.70. The van der Waals surface area contributed by atoms with E-state index in [9.17, 15) is 4.79 Å². The van der Waals surface area contributed by atoms with E-state index >= 15 is 0 Å². The molecule has 3 aromatic heterocycles. The lowest BCUT2D eigenvalue weighted by Gasteiger charge is -2.26. The number of rotatable bonds is 7. The molecule has 0 radical (unpaired) electrons. The van der Waals surface area contributed by atoms with Gasteiger partial charge in [0, 0.05) is 34.8 Å². The summed E-state index contributed by atoms with van der Waals surface area (Å²) in [6.07, 6.45) is 4.42. The van der Waals surface area contributed by atoms with Gasteiger partial charge in [-0.25, -0.2) is 9.78 Å². The molecule has 0 spiro atoms. The minimum absolute atomic E-state index is 0.146. The van der Waals surface area contributed by atoms with Crippen LogP contribution in [-0.2, 0) is 0 Å². The van der Waals surface area contributed by atoms with Gasteiger partial charge < -0.3 is 25.6 Å². The smallest absolute Gasteiger partial charge is 0.405 e. The van der Waals surface area contributed by atoms with Gasteiger partial charge in [-0.3, -0.25) is 9.97 Å². The molecular weight excluding hydrogens is 537 g/mol. The summed E-state index contributed by atoms with van der Waals surface area (Å²) in [6, 6.07) is 9.45. The highest BCUT2D eigenvalue weighted by Crippen LogP contribution is 2.33. The Morgan fingerprint density at radius 1 is 1.15 bits per heavy atom. The standard InChI is InChI=1S/C23H22IN5O4/c1-3-23(24,29-22(30)31)12-33-15-6-13(9-26-10-15)19-8-17-16-5-4-14(32-2)7-20(16)27-11-18(17)21(25)28-19/h4-11,29H,3,12H2,1-2H3,(H2,25,28)(H,30,31)/t23-/m0/s1. The zero-order chi connectivity index (χ0) is 23.6. The number of amides is 1. The van der Waals surface area contributed by atoms with Crippen molar-refractivity contribution in [3.05, 3.63) is 48.9 Å². The lowest BCUT2D eigenvalue weighted by molar-refractivity contribution is 0.177. The second kappa shape index (κ2) is 9.22. The highest BCUT2D eigenvalue weighted by molar-refractivity contribution is 14.1. The molecule has 0 saturated carbocycles. The van der Waals surface area contributed by atoms with E-state index in [-0.39, 0.29) is 6.61 Å². The first kappa shape index (κ1) is 22.8. The Morgan fingerprint density at radius 3 is 2.70 bits per heavy atom. The minimum atomic E-state index is -1.10. The molecule has 0 aliphatic heterocycles. The van der Waals surface area contributed by atoms with Crippen LogP contribution in [0.4, 0.5) is 10.6 Å². The number of nitrogens with zero attached hydrogens (tertiary/aromatic N) is 3. The van der Waals surface area contributed by atoms with Gasteiger partial charge in [-0.15, -0.1) is 0 Å². The molecule has 4 aromatic rings. The first-order valence-corrected chi connectivity index (χ1v) is 11.2. The van der Waals surface area contributed by atoms with E-state index in [1.165, 1.54) is 0 Å². The number of methoxy groups -OCH3 is 1. The summed E-state index contributed by atoms with van der Waals surface area (Å²) in [6.45, 7) is 2.03. The van der Waals surface area contributed by atoms with Crippen LogP contribution in [0, 0.1) is 0 Å². The fourth-order valence-electron chi connectivity index (χ4n) is 3.44. The van der Waals surface area contributed by atoms with Crippen LogP contribution in [0.5, 0.6) is 11.5 Å². The number of nitrogen functional groups attached to an aromatic ring is 1. The highest BCUT2D eigenvalue weighted by atomic mass is 127. The van der Waals surface area contributed by atoms with Gasteiger partial charge in [0.2, 0.25) is 0 Å². The van der Waals surface area contributed by atoms with E-state index in [1.54, 1.807) is 31.8 Å². The van der Waals surface area contributed by atoms with Crippen LogP contribution < -0.4 is 20.5 Å². The molecule has 0 saturated heterocycles. The minimum Gasteiger partial charge on any atom is -0.497 e. The molecule has 4 rings (SSSR count). The van der Waals surface area contributed by atoms with Crippen LogP contribution in [0.1, 0.15) is 13.3 Å². The lowest BCUT2D eigenvalue weighted by atomic mass is 10.0. The lowest BCUT2D eigenvalue weighted by Crippen LogP contribution is -2.46. The highest BCUT2D eigenvalue weighted by Gasteiger charge is 2.27. The van der Waals surface area contributed by atoms with Crippen molar-refractivity contribution in [2.45, 2.75) is 16.9 Å². The number of anilines is 1. The molecule has 0 bridgehead atoms. The van der Waals surface area contributed by atoms with Crippen molar-refractivity contribution in [3.8, 4) is 22.8 Å². The summed E-state index contributed by atoms with van der Waals surface area (Å²) in [5.41, 5.74) is 8.42. The molecule has 1 atom stereocenters. The van der Waals surface area contributed by atoms with Gasteiger partial charge in [-0.1, -0.05) is 29.5 Å². The molecule has 9 nitrogen and oxygen atoms in total. The monoisotopic (exact) mass is 559 g/mol. The number of alkyl halides is 1. The second-order valence-corrected chi connectivity index (χ2v) is 9.51. The van der Waals surface area contributed by atoms with E-state index in [2.05, 4.69) is 20.3 Å². The third kappa shape index (κ3) is 4.85. The SMILES string of the molecule is CC[C@@](I)(COc1cncc(-c2cc3c(cnc4cc(OC)ccc43)c(N)n2)c1)NC(=O)O. The molecule has 4 N–H and O–H groups in total. The molecule has 1 amide bonds. The van der Waals surface area contributed by atoms with Gasteiger partial charge in [0.25, 0.3) is 0 Å². The summed E-state index contributed by atoms with van der Waals surface area (Å²) >= 11 is 2.05. The average Bonchev–Trinajstić information content (AvgIpc) is 2.82. The molecule has 33 heavy (non-hydrogen) atoms. The predicted octanol–water partition coefficient (Wildman–Crippen LogP) is 4.62. The predicted molar refractivity (Wildman–Crippen MR) is 135 cm³/mol. The fourth-order valence-corrected chi connectivity index (χ4v) is 3.83. The first-order valence-electron chi connectivity index (χ1n) is 10.1. The maximum atomic E-state index is 11.1. The summed E-state index contributed by atoms with van der Waals surface area (Å²) in [7, 11) is 1.62. The average molecular weight is 559 g/mol. The van der Waals surface area contributed by atoms with Crippen LogP contribution in [0.25, 0.3) is 32.9 Å². The van der Waals surface area contributed by atoms with Crippen molar-refractivity contribution in [1.29, 1.82) is 0 Å². The van der Waals surface area contributed by atoms with Crippen LogP contribution in [-0.4, -0.2) is 43.4 Å². The van der Waals surface area contributed by atoms with Crippen molar-refractivity contribution in [2.24, 2.45) is 0 Å². The Morgan fingerprint density at radius 2 is 1.97 bits per heavy atom. The Labute approximate surface area is 203 Å². The number of fused-ring (bicyclic) bond motifs is 3. The Bertz CT molecular complexity index is 1350. The maximum Gasteiger partial charge on any atom is 0.405 e. The largest absolute Gasteiger partial charge is 0.497 e. The van der Waals surface area contributed by atoms with E-state index in [0.29, 0.717) is 23.7 Å². The fraction of sp³-hybridized carbons (Fsp3) is 0.217. The second-order valence-electron chi connectivity index (χ2n) is 7.44. The van der Waals surface area contributed by atoms with E-state index in [4.69, 9.17) is 20.3 Å². The quantitative estimate of drug-likeness (QED) is 0.129. The summed E-state index contributed by atoms with van der Waals surface area (Å²) in [4.78, 5) is 24.4. The van der Waals surface area contributed by atoms with Crippen LogP contribution >= 0.6 is 22.6 Å². The van der Waals surface area contributed by atoms with E-state index in [1.807, 2.05) is 53.8 Å². The van der Waals surface area contributed by atoms with E-state index < -0.39 is 9.64 Å². The van der Waals surface area contributed by atoms with Gasteiger partial charge in [-0.2, -0.15) is 0 Å². The van der Waals surface area contributed by atoms with Gasteiger partial charge in [0.15, 0.2) is 0 Å². The number of benzene rings is 1. The first-order chi connectivity index (χ1) is 15.8. The van der Waals surface area contributed by atoms with Crippen molar-refractivity contribution in [3.63, 3.8) is 0 Å². The van der Waals surface area contributed by atoms with Crippen molar-refractivity contribution in [2.75, 3.05) is 19.5 Å². The number of ether oxygens (including phenoxy) is 2. The number of halogens is 1. The third-order valence-corrected chi connectivity index (χ3v) is 6.63. The molecule has 0 fully saturated rings. The molecule has 0 unspecified atom stereocenters. The molecule has 1 aromatic carbocycles. The van der Waals surface area contributed by atoms with Crippen molar-refractivity contribution in [1.82, 2.24) is 20.3 Å². The number of hydrogen-bond donors (Lipinski definition) is 3. The maximum absolute atomic E-state index is 11.1. The number of aromatic nitrogens is 3. The van der Waals surface area contributed by atoms with Crippen molar-refractivity contribution < 1.29 is 19.4 Å². The summed E-state index contributed by atoms with van der Waals surface area (Å²) in [5, 5.41) is 14.2. The normalized spacial score (nSPS) is 12.9. The van der Waals surface area contributed by atoms with Gasteiger partial charge in [-0.05, 0) is 36.1 Å². The van der Waals surface area contributed by atoms with E-state index in [0.717, 1.165) is 33.0 Å². The molecular formula is C23H22IN5O4. The van der Waals surface area contributed by atoms with Crippen LogP contribution in [0.3, 0.4) is 0 Å². The number of carboxylic acid groups (broad SMARTS) is 1. The number of carbonyl (C=O) groups is 1. The number of nitrogens with two attached hydrogens (primary N) is 1. The Hall–Kier alpha value is -3.41. The van der Waals surface area contributed by atoms with Gasteiger partial charge >= 0.3 is 6.09 Å². The molecule has 170 valence electrons. The molecule has 10 heteroatoms. The zero-order valence-electron chi connectivity index (χ0n) is 18.0. The zero-order valence-corrected chi connectivity index (χ0v) is 20.2. The van der Waals surface area contributed by atoms with Gasteiger partial charge in [0.1, 0.15) is 27.5 Å². The summed E-state index contributed by atoms with van der Waals surface area (Å²) in [5.74, 6) is 1.59. The summed E-state index contributed by atoms with van der Waals surface area (Å²) < 4.78 is 10.4. The molecule has 0 aliphatic carbocycles. The third-order valence-electron chi connectivity index (χ3n) is 5.28. The molecule has 0 aliphatic rings. The number of hydrogen-bond acceptors (Lipinski definition) is 7. The van der Waals surface area contributed by atoms with Crippen LogP contribution in [0.2, 0.25) is 0 Å². The number of nitrogens with one attached hydrogen (secondary N) is 1. The molecule has 3 heterocycles. The van der Waals surface area contributed by atoms with Crippen molar-refractivity contribution >= 4 is 56.2 Å². The van der Waals surface area contributed by atoms with Crippen LogP contribution in [0.15, 0.2) is 48.9 Å².